The summed E-state index contributed by atoms with van der Waals surface area (Å²) in [5.41, 5.74) is 0.806. The van der Waals surface area contributed by atoms with Crippen LogP contribution < -0.4 is 10.0 Å². The Morgan fingerprint density at radius 3 is 2.62 bits per heavy atom. The monoisotopic (exact) mass is 345 g/mol. The lowest BCUT2D eigenvalue weighted by atomic mass is 9.92. The Morgan fingerprint density at radius 2 is 2.00 bits per heavy atom. The topological polar surface area (TPSA) is 88.2 Å². The number of hydrogen-bond acceptors (Lipinski definition) is 4. The van der Waals surface area contributed by atoms with Gasteiger partial charge in [0.05, 0.1) is 23.6 Å². The van der Waals surface area contributed by atoms with Crippen LogP contribution in [-0.2, 0) is 20.2 Å². The van der Waals surface area contributed by atoms with Gasteiger partial charge in [-0.25, -0.2) is 13.1 Å². The Bertz CT molecular complexity index is 825. The number of nitrogens with one attached hydrogen (secondary N) is 2. The Morgan fingerprint density at radius 1 is 1.25 bits per heavy atom. The van der Waals surface area contributed by atoms with Crippen molar-refractivity contribution in [2.24, 2.45) is 5.92 Å². The quantitative estimate of drug-likeness (QED) is 0.831. The number of amides is 1. The van der Waals surface area contributed by atoms with E-state index in [2.05, 4.69) is 15.0 Å². The number of benzene rings is 1. The molecule has 6 nitrogen and oxygen atoms in total. The Labute approximate surface area is 141 Å². The van der Waals surface area contributed by atoms with Crippen molar-refractivity contribution >= 4 is 21.6 Å². The number of rotatable bonds is 6. The average Bonchev–Trinajstić information content (AvgIpc) is 3.30. The van der Waals surface area contributed by atoms with E-state index in [9.17, 15) is 13.2 Å². The molecule has 0 radical (unpaired) electrons. The third-order valence-electron chi connectivity index (χ3n) is 4.31. The van der Waals surface area contributed by atoms with Crippen LogP contribution in [-0.4, -0.2) is 32.1 Å². The van der Waals surface area contributed by atoms with Gasteiger partial charge < -0.3 is 5.32 Å². The van der Waals surface area contributed by atoms with E-state index in [4.69, 9.17) is 0 Å². The second-order valence-corrected chi connectivity index (χ2v) is 7.89. The van der Waals surface area contributed by atoms with Crippen molar-refractivity contribution in [1.82, 2.24) is 9.71 Å². The SMILES string of the molecule is CS(=O)(=O)NCC1CC1(C(=O)Nc1cccnc1)c1ccccc1. The van der Waals surface area contributed by atoms with Crippen LogP contribution in [0.1, 0.15) is 12.0 Å². The van der Waals surface area contributed by atoms with Crippen LogP contribution in [0.3, 0.4) is 0 Å². The van der Waals surface area contributed by atoms with Crippen LogP contribution in [0.15, 0.2) is 54.9 Å². The lowest BCUT2D eigenvalue weighted by Crippen LogP contribution is -2.33. The van der Waals surface area contributed by atoms with Crippen LogP contribution in [0.25, 0.3) is 0 Å². The second kappa shape index (κ2) is 6.33. The molecule has 1 amide bonds. The molecule has 1 aliphatic rings. The van der Waals surface area contributed by atoms with Gasteiger partial charge in [-0.15, -0.1) is 0 Å². The van der Waals surface area contributed by atoms with Crippen LogP contribution in [0, 0.1) is 5.92 Å². The maximum absolute atomic E-state index is 12.9. The molecule has 1 aromatic heterocycles. The first-order valence-corrected chi connectivity index (χ1v) is 9.52. The summed E-state index contributed by atoms with van der Waals surface area (Å²) in [6.45, 7) is 0.244. The van der Waals surface area contributed by atoms with Gasteiger partial charge in [0.1, 0.15) is 0 Å². The van der Waals surface area contributed by atoms with E-state index >= 15 is 0 Å². The molecule has 2 atom stereocenters. The van der Waals surface area contributed by atoms with E-state index in [0.717, 1.165) is 11.8 Å². The standard InChI is InChI=1S/C17H19N3O3S/c1-24(22,23)19-11-14-10-17(14,13-6-3-2-4-7-13)16(21)20-15-8-5-9-18-12-15/h2-9,12,14,19H,10-11H2,1H3,(H,20,21). The van der Waals surface area contributed by atoms with E-state index in [1.807, 2.05) is 30.3 Å². The molecular weight excluding hydrogens is 326 g/mol. The molecule has 0 saturated heterocycles. The molecule has 24 heavy (non-hydrogen) atoms. The Hall–Kier alpha value is -2.25. The minimum absolute atomic E-state index is 0.0775. The summed E-state index contributed by atoms with van der Waals surface area (Å²) in [7, 11) is -3.29. The predicted octanol–water partition coefficient (Wildman–Crippen LogP) is 1.53. The number of anilines is 1. The largest absolute Gasteiger partial charge is 0.324 e. The summed E-state index contributed by atoms with van der Waals surface area (Å²) >= 11 is 0. The summed E-state index contributed by atoms with van der Waals surface area (Å²) in [4.78, 5) is 16.9. The fourth-order valence-electron chi connectivity index (χ4n) is 3.01. The number of aromatic nitrogens is 1. The highest BCUT2D eigenvalue weighted by Gasteiger charge is 2.60. The Kier molecular flexibility index (Phi) is 4.38. The molecule has 1 heterocycles. The number of sulfonamides is 1. The van der Waals surface area contributed by atoms with Crippen LogP contribution in [0.2, 0.25) is 0 Å². The van der Waals surface area contributed by atoms with E-state index in [0.29, 0.717) is 12.1 Å². The van der Waals surface area contributed by atoms with E-state index in [1.165, 1.54) is 0 Å². The van der Waals surface area contributed by atoms with Crippen molar-refractivity contribution in [2.45, 2.75) is 11.8 Å². The molecule has 126 valence electrons. The summed E-state index contributed by atoms with van der Waals surface area (Å²) in [5.74, 6) is -0.215. The van der Waals surface area contributed by atoms with Gasteiger partial charge in [0.15, 0.2) is 0 Å². The molecule has 1 saturated carbocycles. The molecular formula is C17H19N3O3S. The maximum atomic E-state index is 12.9. The van der Waals surface area contributed by atoms with Crippen LogP contribution in [0.4, 0.5) is 5.69 Å². The molecule has 2 aromatic rings. The highest BCUT2D eigenvalue weighted by Crippen LogP contribution is 2.54. The van der Waals surface area contributed by atoms with Crippen molar-refractivity contribution in [3.63, 3.8) is 0 Å². The predicted molar refractivity (Wildman–Crippen MR) is 91.9 cm³/mol. The molecule has 1 aromatic carbocycles. The number of carbonyl (C=O) groups is 1. The molecule has 0 spiro atoms. The van der Waals surface area contributed by atoms with Crippen molar-refractivity contribution in [3.8, 4) is 0 Å². The normalized spacial score (nSPS) is 22.8. The van der Waals surface area contributed by atoms with Gasteiger partial charge in [0, 0.05) is 12.7 Å². The zero-order valence-electron chi connectivity index (χ0n) is 13.3. The van der Waals surface area contributed by atoms with Crippen molar-refractivity contribution in [3.05, 3.63) is 60.4 Å². The summed E-state index contributed by atoms with van der Waals surface area (Å²) in [5, 5.41) is 2.89. The van der Waals surface area contributed by atoms with Gasteiger partial charge in [-0.1, -0.05) is 30.3 Å². The average molecular weight is 345 g/mol. The summed E-state index contributed by atoms with van der Waals surface area (Å²) in [6.07, 6.45) is 4.95. The van der Waals surface area contributed by atoms with Crippen LogP contribution >= 0.6 is 0 Å². The fraction of sp³-hybridized carbons (Fsp3) is 0.294. The zero-order valence-corrected chi connectivity index (χ0v) is 14.1. The fourth-order valence-corrected chi connectivity index (χ4v) is 3.51. The third-order valence-corrected chi connectivity index (χ3v) is 5.00. The first-order valence-electron chi connectivity index (χ1n) is 7.63. The lowest BCUT2D eigenvalue weighted by molar-refractivity contribution is -0.118. The molecule has 2 N–H and O–H groups in total. The highest BCUT2D eigenvalue weighted by atomic mass is 32.2. The van der Waals surface area contributed by atoms with E-state index in [1.54, 1.807) is 24.5 Å². The first-order chi connectivity index (χ1) is 11.4. The van der Waals surface area contributed by atoms with Crippen molar-refractivity contribution < 1.29 is 13.2 Å². The van der Waals surface area contributed by atoms with Crippen molar-refractivity contribution in [2.75, 3.05) is 18.1 Å². The van der Waals surface area contributed by atoms with Gasteiger partial charge in [0.25, 0.3) is 0 Å². The molecule has 3 rings (SSSR count). The third kappa shape index (κ3) is 3.47. The zero-order chi connectivity index (χ0) is 17.2. The van der Waals surface area contributed by atoms with Crippen LogP contribution in [0.5, 0.6) is 0 Å². The minimum Gasteiger partial charge on any atom is -0.324 e. The molecule has 0 bridgehead atoms. The lowest BCUT2D eigenvalue weighted by Gasteiger charge is -2.18. The van der Waals surface area contributed by atoms with E-state index < -0.39 is 15.4 Å². The van der Waals surface area contributed by atoms with Gasteiger partial charge in [-0.05, 0) is 30.0 Å². The number of nitrogens with zero attached hydrogens (tertiary/aromatic N) is 1. The van der Waals surface area contributed by atoms with Gasteiger partial charge >= 0.3 is 0 Å². The minimum atomic E-state index is -3.29. The number of carbonyl (C=O) groups excluding carboxylic acids is 1. The molecule has 7 heteroatoms. The number of pyridine rings is 1. The summed E-state index contributed by atoms with van der Waals surface area (Å²) in [6, 6.07) is 13.0. The molecule has 1 fully saturated rings. The van der Waals surface area contributed by atoms with Gasteiger partial charge in [-0.3, -0.25) is 9.78 Å². The van der Waals surface area contributed by atoms with Crippen molar-refractivity contribution in [1.29, 1.82) is 0 Å². The first kappa shape index (κ1) is 16.6. The second-order valence-electron chi connectivity index (χ2n) is 6.05. The van der Waals surface area contributed by atoms with E-state index in [-0.39, 0.29) is 18.4 Å². The highest BCUT2D eigenvalue weighted by molar-refractivity contribution is 7.88. The smallest absolute Gasteiger partial charge is 0.235 e. The number of hydrogen-bond donors (Lipinski definition) is 2. The van der Waals surface area contributed by atoms with Gasteiger partial charge in [0.2, 0.25) is 15.9 Å². The Balaban J connectivity index is 1.83. The molecule has 0 aliphatic heterocycles. The van der Waals surface area contributed by atoms with Gasteiger partial charge in [-0.2, -0.15) is 0 Å². The molecule has 1 aliphatic carbocycles. The summed E-state index contributed by atoms with van der Waals surface area (Å²) < 4.78 is 25.2. The maximum Gasteiger partial charge on any atom is 0.235 e. The molecule has 2 unspecified atom stereocenters.